The summed E-state index contributed by atoms with van der Waals surface area (Å²) in [7, 11) is 0. The van der Waals surface area contributed by atoms with Crippen LogP contribution in [0.15, 0.2) is 0 Å². The number of hydrogen-bond donors (Lipinski definition) is 0. The van der Waals surface area contributed by atoms with E-state index >= 15 is 0 Å². The summed E-state index contributed by atoms with van der Waals surface area (Å²) in [6.07, 6.45) is 25.9. The molecule has 1 aliphatic heterocycles. The first-order chi connectivity index (χ1) is 15.7. The van der Waals surface area contributed by atoms with Gasteiger partial charge in [0.1, 0.15) is 6.10 Å². The Labute approximate surface area is 200 Å². The topological polar surface area (TPSA) is 38.8 Å². The maximum Gasteiger partial charge on any atom is 0.303 e. The fourth-order valence-electron chi connectivity index (χ4n) is 4.76. The van der Waals surface area contributed by atoms with E-state index in [1.807, 2.05) is 0 Å². The normalized spacial score (nSPS) is 15.7. The Balaban J connectivity index is 1.84. The molecule has 1 saturated heterocycles. The third-order valence-electron chi connectivity index (χ3n) is 6.69. The first kappa shape index (κ1) is 29.4. The fraction of sp³-hybridized carbons (Fsp3) is 0.964. The van der Waals surface area contributed by atoms with Gasteiger partial charge in [-0.1, -0.05) is 110 Å². The highest BCUT2D eigenvalue weighted by Crippen LogP contribution is 2.14. The lowest BCUT2D eigenvalue weighted by atomic mass is 10.0. The lowest BCUT2D eigenvalue weighted by molar-refractivity contribution is -0.150. The maximum atomic E-state index is 11.4. The van der Waals surface area contributed by atoms with Gasteiger partial charge in [0.2, 0.25) is 0 Å². The summed E-state index contributed by atoms with van der Waals surface area (Å²) in [6.45, 7) is 8.17. The zero-order valence-corrected chi connectivity index (χ0v) is 21.7. The number of rotatable bonds is 22. The van der Waals surface area contributed by atoms with Crippen LogP contribution in [0.4, 0.5) is 0 Å². The number of carbonyl (C=O) groups is 1. The van der Waals surface area contributed by atoms with E-state index in [0.29, 0.717) is 6.61 Å². The van der Waals surface area contributed by atoms with Crippen molar-refractivity contribution in [1.29, 1.82) is 0 Å². The molecule has 1 heterocycles. The van der Waals surface area contributed by atoms with E-state index in [9.17, 15) is 4.79 Å². The number of ether oxygens (including phenoxy) is 2. The van der Waals surface area contributed by atoms with Crippen LogP contribution in [0.2, 0.25) is 0 Å². The zero-order valence-electron chi connectivity index (χ0n) is 21.7. The number of piperidine rings is 1. The maximum absolute atomic E-state index is 11.4. The molecule has 1 unspecified atom stereocenters. The molecule has 1 rings (SSSR count). The smallest absolute Gasteiger partial charge is 0.303 e. The Morgan fingerprint density at radius 1 is 0.719 bits per heavy atom. The van der Waals surface area contributed by atoms with Gasteiger partial charge in [-0.3, -0.25) is 9.69 Å². The molecule has 1 fully saturated rings. The van der Waals surface area contributed by atoms with Crippen molar-refractivity contribution in [3.63, 3.8) is 0 Å². The molecule has 0 aromatic rings. The molecule has 4 nitrogen and oxygen atoms in total. The molecule has 1 aliphatic rings. The summed E-state index contributed by atoms with van der Waals surface area (Å²) in [5, 5.41) is 0. The lowest BCUT2D eigenvalue weighted by Gasteiger charge is -2.30. The summed E-state index contributed by atoms with van der Waals surface area (Å²) in [5.74, 6) is -0.196. The monoisotopic (exact) mass is 453 g/mol. The second-order valence-corrected chi connectivity index (χ2v) is 9.97. The van der Waals surface area contributed by atoms with Crippen LogP contribution in [-0.4, -0.2) is 49.8 Å². The predicted molar refractivity (Wildman–Crippen MR) is 136 cm³/mol. The Bertz CT molecular complexity index is 409. The van der Waals surface area contributed by atoms with Crippen molar-refractivity contribution < 1.29 is 14.3 Å². The minimum absolute atomic E-state index is 0.119. The quantitative estimate of drug-likeness (QED) is 0.124. The van der Waals surface area contributed by atoms with Crippen LogP contribution >= 0.6 is 0 Å². The van der Waals surface area contributed by atoms with Crippen molar-refractivity contribution >= 4 is 5.97 Å². The van der Waals surface area contributed by atoms with Crippen molar-refractivity contribution in [3.8, 4) is 0 Å². The third-order valence-corrected chi connectivity index (χ3v) is 6.69. The van der Waals surface area contributed by atoms with E-state index in [1.165, 1.54) is 122 Å². The highest BCUT2D eigenvalue weighted by atomic mass is 16.6. The molecule has 0 spiro atoms. The van der Waals surface area contributed by atoms with Crippen LogP contribution in [0.3, 0.4) is 0 Å². The van der Waals surface area contributed by atoms with E-state index < -0.39 is 0 Å². The molecule has 0 N–H and O–H groups in total. The van der Waals surface area contributed by atoms with E-state index in [2.05, 4.69) is 11.8 Å². The SMILES string of the molecule is CCCCCCCCCCCCCCCCCCOCC(CN1CCCCC1)OC(C)=O. The summed E-state index contributed by atoms with van der Waals surface area (Å²) in [5.41, 5.74) is 0. The van der Waals surface area contributed by atoms with Crippen LogP contribution in [0.25, 0.3) is 0 Å². The standard InChI is InChI=1S/C28H55NO3/c1-3-4-5-6-7-8-9-10-11-12-13-14-15-16-17-21-24-31-26-28(32-27(2)30)25-29-22-19-18-20-23-29/h28H,3-26H2,1-2H3. The van der Waals surface area contributed by atoms with Gasteiger partial charge in [-0.05, 0) is 32.4 Å². The number of esters is 1. The Morgan fingerprint density at radius 3 is 1.66 bits per heavy atom. The van der Waals surface area contributed by atoms with Crippen molar-refractivity contribution in [3.05, 3.63) is 0 Å². The number of unbranched alkanes of at least 4 members (excludes halogenated alkanes) is 15. The fourth-order valence-corrected chi connectivity index (χ4v) is 4.76. The molecular weight excluding hydrogens is 398 g/mol. The molecule has 0 aliphatic carbocycles. The van der Waals surface area contributed by atoms with Crippen LogP contribution in [0, 0.1) is 0 Å². The Morgan fingerprint density at radius 2 is 1.19 bits per heavy atom. The van der Waals surface area contributed by atoms with Crippen molar-refractivity contribution in [1.82, 2.24) is 4.90 Å². The second kappa shape index (κ2) is 22.2. The molecule has 0 aromatic heterocycles. The first-order valence-electron chi connectivity index (χ1n) is 14.2. The zero-order chi connectivity index (χ0) is 23.1. The Kier molecular flexibility index (Phi) is 20.4. The molecule has 0 amide bonds. The molecule has 0 radical (unpaired) electrons. The van der Waals surface area contributed by atoms with Gasteiger partial charge in [0, 0.05) is 20.1 Å². The van der Waals surface area contributed by atoms with E-state index in [4.69, 9.17) is 9.47 Å². The summed E-state index contributed by atoms with van der Waals surface area (Å²) >= 11 is 0. The van der Waals surface area contributed by atoms with Gasteiger partial charge in [-0.15, -0.1) is 0 Å². The third kappa shape index (κ3) is 18.9. The summed E-state index contributed by atoms with van der Waals surface area (Å²) in [4.78, 5) is 13.8. The highest BCUT2D eigenvalue weighted by molar-refractivity contribution is 5.66. The average Bonchev–Trinajstić information content (AvgIpc) is 2.78. The van der Waals surface area contributed by atoms with E-state index in [-0.39, 0.29) is 12.1 Å². The van der Waals surface area contributed by atoms with Gasteiger partial charge in [0.25, 0.3) is 0 Å². The van der Waals surface area contributed by atoms with Crippen LogP contribution < -0.4 is 0 Å². The molecular formula is C28H55NO3. The lowest BCUT2D eigenvalue weighted by Crippen LogP contribution is -2.40. The molecule has 0 aromatic carbocycles. The van der Waals surface area contributed by atoms with Crippen molar-refractivity contribution in [2.45, 2.75) is 142 Å². The van der Waals surface area contributed by atoms with Crippen LogP contribution in [-0.2, 0) is 14.3 Å². The van der Waals surface area contributed by atoms with Gasteiger partial charge in [0.05, 0.1) is 6.61 Å². The van der Waals surface area contributed by atoms with Gasteiger partial charge < -0.3 is 9.47 Å². The highest BCUT2D eigenvalue weighted by Gasteiger charge is 2.19. The van der Waals surface area contributed by atoms with Gasteiger partial charge in [-0.25, -0.2) is 0 Å². The van der Waals surface area contributed by atoms with Crippen LogP contribution in [0.5, 0.6) is 0 Å². The van der Waals surface area contributed by atoms with Gasteiger partial charge in [-0.2, -0.15) is 0 Å². The molecule has 4 heteroatoms. The second-order valence-electron chi connectivity index (χ2n) is 9.97. The largest absolute Gasteiger partial charge is 0.459 e. The average molecular weight is 454 g/mol. The number of hydrogen-bond acceptors (Lipinski definition) is 4. The van der Waals surface area contributed by atoms with Crippen molar-refractivity contribution in [2.24, 2.45) is 0 Å². The summed E-state index contributed by atoms with van der Waals surface area (Å²) < 4.78 is 11.3. The van der Waals surface area contributed by atoms with Gasteiger partial charge in [0.15, 0.2) is 0 Å². The first-order valence-corrected chi connectivity index (χ1v) is 14.2. The predicted octanol–water partition coefficient (Wildman–Crippen LogP) is 7.68. The molecule has 32 heavy (non-hydrogen) atoms. The Hall–Kier alpha value is -0.610. The minimum atomic E-state index is -0.196. The van der Waals surface area contributed by atoms with Gasteiger partial charge >= 0.3 is 5.97 Å². The summed E-state index contributed by atoms with van der Waals surface area (Å²) in [6, 6.07) is 0. The minimum Gasteiger partial charge on any atom is -0.459 e. The molecule has 0 saturated carbocycles. The molecule has 0 bridgehead atoms. The van der Waals surface area contributed by atoms with E-state index in [1.54, 1.807) is 0 Å². The number of nitrogens with zero attached hydrogens (tertiary/aromatic N) is 1. The van der Waals surface area contributed by atoms with Crippen LogP contribution in [0.1, 0.15) is 136 Å². The number of carbonyl (C=O) groups excluding carboxylic acids is 1. The van der Waals surface area contributed by atoms with E-state index in [0.717, 1.165) is 32.7 Å². The van der Waals surface area contributed by atoms with Crippen molar-refractivity contribution in [2.75, 3.05) is 32.8 Å². The number of likely N-dealkylation sites (tertiary alicyclic amines) is 1. The molecule has 190 valence electrons. The molecule has 1 atom stereocenters.